The van der Waals surface area contributed by atoms with E-state index in [1.165, 1.54) is 30.7 Å². The third-order valence-corrected chi connectivity index (χ3v) is 22.4. The number of nitrogens with two attached hydrogens (primary N) is 3. The molecule has 1 aromatic carbocycles. The number of methoxy groups -OCH3 is 1. The van der Waals surface area contributed by atoms with Crippen molar-refractivity contribution >= 4 is 153 Å². The largest absolute Gasteiger partial charge is 0.481 e. The Hall–Kier alpha value is -12.5. The molecule has 9 amide bonds. The summed E-state index contributed by atoms with van der Waals surface area (Å²) >= 11 is 1.22. The Bertz CT molecular complexity index is 4270. The molecule has 0 radical (unpaired) electrons. The van der Waals surface area contributed by atoms with E-state index in [4.69, 9.17) is 52.2 Å². The summed E-state index contributed by atoms with van der Waals surface area (Å²) in [6.45, 7) is 7.64. The third-order valence-electron chi connectivity index (χ3n) is 21.7. The summed E-state index contributed by atoms with van der Waals surface area (Å²) in [4.78, 5) is 285. The fraction of sp³-hybridized carbons (Fsp3) is 0.659. The van der Waals surface area contributed by atoms with Gasteiger partial charge in [0, 0.05) is 146 Å². The molecule has 12 atom stereocenters. The van der Waals surface area contributed by atoms with Crippen molar-refractivity contribution in [3.8, 4) is 0 Å². The number of carbonyl (C=O) groups is 21. The van der Waals surface area contributed by atoms with E-state index in [2.05, 4.69) is 58.3 Å². The second kappa shape index (κ2) is 66.0. The van der Waals surface area contributed by atoms with Crippen LogP contribution in [0, 0.1) is 40.4 Å². The number of hydrogen-bond acceptors (Lipinski definition) is 30. The zero-order valence-electron chi connectivity index (χ0n) is 78.2. The van der Waals surface area contributed by atoms with Gasteiger partial charge in [0.05, 0.1) is 67.7 Å². The minimum Gasteiger partial charge on any atom is -0.481 e. The van der Waals surface area contributed by atoms with Gasteiger partial charge in [-0.2, -0.15) is 11.8 Å². The molecule has 0 bridgehead atoms. The predicted octanol–water partition coefficient (Wildman–Crippen LogP) is -0.0390. The van der Waals surface area contributed by atoms with Gasteiger partial charge in [0.1, 0.15) is 25.9 Å². The Kier molecular flexibility index (Phi) is 58.1. The quantitative estimate of drug-likeness (QED) is 0.0176. The van der Waals surface area contributed by atoms with Crippen molar-refractivity contribution in [2.45, 2.75) is 256 Å². The van der Waals surface area contributed by atoms with Crippen molar-refractivity contribution < 1.29 is 145 Å². The summed E-state index contributed by atoms with van der Waals surface area (Å²) in [7, 11) is 1.44. The van der Waals surface area contributed by atoms with Gasteiger partial charge in [-0.3, -0.25) is 107 Å². The monoisotopic (exact) mass is 1940 g/mol. The summed E-state index contributed by atoms with van der Waals surface area (Å²) < 4.78 is 15.6. The molecular weight excluding hydrogens is 1810 g/mol. The molecule has 1 aliphatic heterocycles. The number of nitrogens with zero attached hydrogens (tertiary/aromatic N) is 2. The van der Waals surface area contributed by atoms with Crippen LogP contribution in [-0.2, 0) is 121 Å². The van der Waals surface area contributed by atoms with E-state index in [0.29, 0.717) is 36.1 Å². The molecule has 1 fully saturated rings. The van der Waals surface area contributed by atoms with Crippen LogP contribution in [0.5, 0.6) is 0 Å². The van der Waals surface area contributed by atoms with Gasteiger partial charge in [0.15, 0.2) is 52.4 Å². The third kappa shape index (κ3) is 50.7. The maximum atomic E-state index is 14.7. The zero-order valence-corrected chi connectivity index (χ0v) is 79.0. The molecule has 0 aliphatic carbocycles. The number of carbonyl (C=O) groups excluding carboxylic acids is 16. The number of amides is 9. The first kappa shape index (κ1) is 120. The summed E-state index contributed by atoms with van der Waals surface area (Å²) in [5.41, 5.74) is 17.9. The average molecular weight is 1950 g/mol. The van der Waals surface area contributed by atoms with Crippen LogP contribution in [0.3, 0.4) is 0 Å². The second-order valence-electron chi connectivity index (χ2n) is 33.3. The molecule has 136 heavy (non-hydrogen) atoms. The Morgan fingerprint density at radius 2 is 1.02 bits per heavy atom. The molecule has 23 N–H and O–H groups in total. The van der Waals surface area contributed by atoms with E-state index < -0.39 is 287 Å². The number of alkyl carbamates (subject to hydrolysis) is 1. The summed E-state index contributed by atoms with van der Waals surface area (Å²) in [6.07, 6.45) is -7.85. The van der Waals surface area contributed by atoms with Crippen LogP contribution in [0.1, 0.15) is 213 Å². The van der Waals surface area contributed by atoms with Crippen LogP contribution in [0.25, 0.3) is 0 Å². The SMILES string of the molecule is CCC(=O)[C@@H](CCCNC(=N)N)NC(=O)[C@@H](CCCNC(=N)N)CC(=O)CNC(=O)[C@H](C)CC(=O)[C@H](CSC)NC(=O)CCC(=O)[C@H](CC(C)C)NC(=O)[C@@H]1CCCN1C(=O)COCCCC(=O)[C@H](Cc1ccc(/C(C)=N/OCCNC(=O)OCCOC)cc1)NC(=O)[C@@H](CCC(=O)O)CC(=O)[C@@H](CCC(=O)O)NC(=O)[C@@H](CCC(=O)O)CC(=O)[C@@H](CCC(=O)O)NC(=O)[C@H](N)CCC(=O)O. The number of oxime groups is 1. The predicted molar refractivity (Wildman–Crippen MR) is 490 cm³/mol. The molecular formula is C88H137N17O30S. The molecule has 2 rings (SSSR count). The van der Waals surface area contributed by atoms with Gasteiger partial charge in [-0.15, -0.1) is 0 Å². The molecule has 1 aromatic rings. The number of rotatable bonds is 75. The highest BCUT2D eigenvalue weighted by Gasteiger charge is 2.39. The molecule has 1 aliphatic rings. The van der Waals surface area contributed by atoms with Crippen LogP contribution >= 0.6 is 11.8 Å². The van der Waals surface area contributed by atoms with Crippen molar-refractivity contribution in [3.05, 3.63) is 35.4 Å². The van der Waals surface area contributed by atoms with Gasteiger partial charge in [0.25, 0.3) is 0 Å². The average Bonchev–Trinajstić information content (AvgIpc) is 1.64. The van der Waals surface area contributed by atoms with Crippen molar-refractivity contribution in [1.29, 1.82) is 10.8 Å². The summed E-state index contributed by atoms with van der Waals surface area (Å²) in [5.74, 6) is -24.3. The number of aliphatic carboxylic acids is 5. The molecule has 0 spiro atoms. The van der Waals surface area contributed by atoms with E-state index in [1.807, 2.05) is 0 Å². The number of carboxylic acid groups (broad SMARTS) is 5. The molecule has 0 aromatic heterocycles. The number of benzene rings is 1. The lowest BCUT2D eigenvalue weighted by Crippen LogP contribution is -2.52. The van der Waals surface area contributed by atoms with Gasteiger partial charge in [-0.25, -0.2) is 4.79 Å². The normalized spacial score (nSPS) is 14.8. The number of ether oxygens (including phenoxy) is 3. The summed E-state index contributed by atoms with van der Waals surface area (Å²) in [5, 5.41) is 92.4. The number of hydrogen-bond donors (Lipinski definition) is 20. The van der Waals surface area contributed by atoms with E-state index >= 15 is 0 Å². The van der Waals surface area contributed by atoms with Crippen LogP contribution in [0.15, 0.2) is 29.4 Å². The van der Waals surface area contributed by atoms with E-state index in [9.17, 15) is 121 Å². The lowest BCUT2D eigenvalue weighted by atomic mass is 9.89. The molecule has 48 heteroatoms. The number of ketones is 7. The lowest BCUT2D eigenvalue weighted by Gasteiger charge is -2.27. The first-order valence-electron chi connectivity index (χ1n) is 45.1. The lowest BCUT2D eigenvalue weighted by molar-refractivity contribution is -0.142. The van der Waals surface area contributed by atoms with Gasteiger partial charge < -0.3 is 120 Å². The van der Waals surface area contributed by atoms with Gasteiger partial charge in [0.2, 0.25) is 47.3 Å². The molecule has 47 nitrogen and oxygen atoms in total. The number of likely N-dealkylation sites (tertiary alicyclic amines) is 1. The maximum absolute atomic E-state index is 14.7. The van der Waals surface area contributed by atoms with Crippen molar-refractivity contribution in [3.63, 3.8) is 0 Å². The zero-order chi connectivity index (χ0) is 102. The first-order chi connectivity index (χ1) is 64.3. The standard InChI is InChI=1S/C88H137N17O30S/c1-8-67(107)60(14-10-34-95-87(92)93)99-81(126)55(13-9-33-94-86(90)91)44-58(106)47-97-80(125)51(4)42-70(110)65(49-136-7)98-73(113)27-26-69(109)63(41-50(2)3)103-85(130)66-15-11-36-105(66)74(114)48-133-37-12-16-68(108)64(43-53-17-19-54(20-18-53)52(5)104-135-38-35-96-88(131)134-40-39-132-6)102-83(128)57(22-29-76(117)118)46-71(111)61(24-31-78(121)122)100-82(127)56(21-28-75(115)116)45-72(112)62(25-32-79(123)124)101-84(129)59(89)23-30-77(119)120/h17-20,50-51,55-57,59-66H,8-16,21-49,89H2,1-7H3,(H,96,131)(H,97,125)(H,98,113)(H,99,126)(H,100,127)(H,101,129)(H,102,128)(H,103,130)(H,115,116)(H,117,118)(H,119,120)(H,121,122)(H,123,124)(H4,90,91,94)(H4,92,93,95)/b104-52+/t51-,55+,56+,57+,59-,60-,61-,62-,63+,64+,65+,66+/m1/s1. The number of carboxylic acids is 5. The van der Waals surface area contributed by atoms with Crippen molar-refractivity contribution in [2.75, 3.05) is 84.9 Å². The van der Waals surface area contributed by atoms with Gasteiger partial charge in [-0.05, 0) is 120 Å². The first-order valence-corrected chi connectivity index (χ1v) is 46.5. The number of Topliss-reactive ketones (excluding diaryl/α,β-unsaturated/α-hetero) is 7. The molecule has 0 saturated carbocycles. The Labute approximate surface area is 792 Å². The second-order valence-corrected chi connectivity index (χ2v) is 34.2. The summed E-state index contributed by atoms with van der Waals surface area (Å²) in [6, 6.07) is -4.32. The van der Waals surface area contributed by atoms with Crippen molar-refractivity contribution in [2.24, 2.45) is 51.9 Å². The minimum absolute atomic E-state index is 0.0157. The van der Waals surface area contributed by atoms with Crippen LogP contribution in [0.4, 0.5) is 4.79 Å². The molecule has 0 unspecified atom stereocenters. The van der Waals surface area contributed by atoms with Gasteiger partial charge in [-0.1, -0.05) is 57.1 Å². The molecule has 1 heterocycles. The minimum atomic E-state index is -1.83. The Balaban J connectivity index is 2.36. The number of thioether (sulfide) groups is 1. The van der Waals surface area contributed by atoms with E-state index in [0.717, 1.165) is 0 Å². The highest BCUT2D eigenvalue weighted by Crippen LogP contribution is 2.25. The highest BCUT2D eigenvalue weighted by atomic mass is 32.2. The molecule has 1 saturated heterocycles. The Morgan fingerprint density at radius 1 is 0.515 bits per heavy atom. The van der Waals surface area contributed by atoms with E-state index in [1.54, 1.807) is 58.2 Å². The van der Waals surface area contributed by atoms with Crippen LogP contribution in [-0.4, -0.2) is 305 Å². The highest BCUT2D eigenvalue weighted by molar-refractivity contribution is 7.98. The van der Waals surface area contributed by atoms with Crippen LogP contribution in [0.2, 0.25) is 0 Å². The van der Waals surface area contributed by atoms with Crippen molar-refractivity contribution in [1.82, 2.24) is 58.1 Å². The number of nitrogens with one attached hydrogen (secondary N) is 12. The topological polar surface area (TPSA) is 758 Å². The molecule has 760 valence electrons. The maximum Gasteiger partial charge on any atom is 0.407 e. The van der Waals surface area contributed by atoms with Gasteiger partial charge >= 0.3 is 35.9 Å². The Morgan fingerprint density at radius 3 is 1.55 bits per heavy atom. The fourth-order valence-corrected chi connectivity index (χ4v) is 14.8. The number of guanidine groups is 2. The van der Waals surface area contributed by atoms with Crippen LogP contribution < -0.4 is 70.4 Å². The smallest absolute Gasteiger partial charge is 0.407 e. The fourth-order valence-electron chi connectivity index (χ4n) is 14.2. The van der Waals surface area contributed by atoms with E-state index in [-0.39, 0.29) is 153 Å².